The maximum atomic E-state index is 11.1. The molecule has 1 aromatic carbocycles. The lowest BCUT2D eigenvalue weighted by molar-refractivity contribution is 0.387. The lowest BCUT2D eigenvalue weighted by Crippen LogP contribution is -2.08. The van der Waals surface area contributed by atoms with Crippen molar-refractivity contribution in [3.63, 3.8) is 0 Å². The van der Waals surface area contributed by atoms with E-state index in [1.54, 1.807) is 12.1 Å². The molecule has 11 heteroatoms. The number of nitrogens with zero attached hydrogens (tertiary/aromatic N) is 4. The second-order valence-electron chi connectivity index (χ2n) is 4.95. The van der Waals surface area contributed by atoms with Crippen molar-refractivity contribution >= 4 is 41.5 Å². The van der Waals surface area contributed by atoms with Crippen LogP contribution in [0.3, 0.4) is 0 Å². The summed E-state index contributed by atoms with van der Waals surface area (Å²) >= 11 is 0. The molecule has 10 nitrogen and oxygen atoms in total. The quantitative estimate of drug-likeness (QED) is 0.404. The first kappa shape index (κ1) is 16.1. The van der Waals surface area contributed by atoms with Crippen LogP contribution >= 0.6 is 7.60 Å². The summed E-state index contributed by atoms with van der Waals surface area (Å²) in [5.74, 6) is 0.183. The number of hydrogen-bond acceptors (Lipinski definition) is 8. The van der Waals surface area contributed by atoms with Crippen LogP contribution in [0, 0.1) is 0 Å². The highest BCUT2D eigenvalue weighted by Crippen LogP contribution is 2.33. The van der Waals surface area contributed by atoms with Gasteiger partial charge in [0.05, 0.1) is 23.7 Å². The topological polar surface area (TPSA) is 173 Å². The van der Waals surface area contributed by atoms with E-state index in [0.717, 1.165) is 0 Å². The van der Waals surface area contributed by atoms with Crippen molar-refractivity contribution in [3.8, 4) is 0 Å². The number of fused-ring (bicyclic) bond motifs is 1. The molecule has 0 amide bonds. The van der Waals surface area contributed by atoms with Crippen molar-refractivity contribution in [3.05, 3.63) is 36.2 Å². The molecule has 0 saturated carbocycles. The predicted molar refractivity (Wildman–Crippen MR) is 89.4 cm³/mol. The van der Waals surface area contributed by atoms with Crippen LogP contribution in [0.4, 0.5) is 17.5 Å². The number of anilines is 3. The minimum Gasteiger partial charge on any atom is -0.382 e. The second-order valence-corrected chi connectivity index (χ2v) is 6.55. The third-order valence-electron chi connectivity index (χ3n) is 3.18. The lowest BCUT2D eigenvalue weighted by Gasteiger charge is -2.09. The monoisotopic (exact) mass is 347 g/mol. The van der Waals surface area contributed by atoms with Gasteiger partial charge in [0.15, 0.2) is 17.0 Å². The van der Waals surface area contributed by atoms with Crippen molar-refractivity contribution in [2.24, 2.45) is 0 Å². The minimum atomic E-state index is -4.24. The molecule has 7 N–H and O–H groups in total. The van der Waals surface area contributed by atoms with E-state index in [2.05, 4.69) is 25.3 Å². The van der Waals surface area contributed by atoms with Crippen molar-refractivity contribution in [2.45, 2.75) is 6.54 Å². The molecule has 0 unspecified atom stereocenters. The maximum absolute atomic E-state index is 11.1. The van der Waals surface area contributed by atoms with E-state index < -0.39 is 7.60 Å². The molecule has 0 fully saturated rings. The summed E-state index contributed by atoms with van der Waals surface area (Å²) < 4.78 is 11.1. The number of nitrogens with two attached hydrogens (primary N) is 2. The fourth-order valence-corrected chi connectivity index (χ4v) is 2.57. The molecule has 0 bridgehead atoms. The Labute approximate surface area is 136 Å². The summed E-state index contributed by atoms with van der Waals surface area (Å²) in [5.41, 5.74) is 13.2. The van der Waals surface area contributed by atoms with Gasteiger partial charge < -0.3 is 26.6 Å². The van der Waals surface area contributed by atoms with Crippen molar-refractivity contribution in [1.29, 1.82) is 0 Å². The fraction of sp³-hybridized carbons (Fsp3) is 0.0769. The van der Waals surface area contributed by atoms with Gasteiger partial charge in [-0.3, -0.25) is 4.57 Å². The van der Waals surface area contributed by atoms with Gasteiger partial charge in [0, 0.05) is 5.69 Å². The van der Waals surface area contributed by atoms with E-state index in [-0.39, 0.29) is 17.1 Å². The standard InChI is InChI=1S/C13H14N7O3P/c14-11-10-12(20-13(15)19-11)17-6-8(18-10)5-16-7-1-3-9(4-2-7)24(21,22)23/h1-4,6,16H,5H2,(H2,21,22,23)(H4,14,15,17,19,20). The first-order valence-electron chi connectivity index (χ1n) is 6.77. The van der Waals surface area contributed by atoms with Gasteiger partial charge >= 0.3 is 7.60 Å². The van der Waals surface area contributed by atoms with Crippen LogP contribution in [0.15, 0.2) is 30.5 Å². The maximum Gasteiger partial charge on any atom is 0.356 e. The largest absolute Gasteiger partial charge is 0.382 e. The highest BCUT2D eigenvalue weighted by atomic mass is 31.2. The Morgan fingerprint density at radius 1 is 1.08 bits per heavy atom. The van der Waals surface area contributed by atoms with E-state index >= 15 is 0 Å². The third kappa shape index (κ3) is 3.40. The molecular weight excluding hydrogens is 333 g/mol. The van der Waals surface area contributed by atoms with Gasteiger partial charge in [-0.05, 0) is 24.3 Å². The molecule has 3 aromatic rings. The zero-order valence-electron chi connectivity index (χ0n) is 12.3. The zero-order valence-corrected chi connectivity index (χ0v) is 13.2. The summed E-state index contributed by atoms with van der Waals surface area (Å²) in [6, 6.07) is 5.87. The van der Waals surface area contributed by atoms with E-state index in [1.165, 1.54) is 18.3 Å². The van der Waals surface area contributed by atoms with Gasteiger partial charge in [-0.25, -0.2) is 9.97 Å². The summed E-state index contributed by atoms with van der Waals surface area (Å²) in [6.45, 7) is 0.335. The van der Waals surface area contributed by atoms with Crippen LogP contribution in [0.2, 0.25) is 0 Å². The van der Waals surface area contributed by atoms with Crippen LogP contribution in [0.5, 0.6) is 0 Å². The van der Waals surface area contributed by atoms with Gasteiger partial charge in [-0.15, -0.1) is 0 Å². The summed E-state index contributed by atoms with van der Waals surface area (Å²) in [6.07, 6.45) is 1.53. The Hall–Kier alpha value is -2.81. The van der Waals surface area contributed by atoms with E-state index in [9.17, 15) is 4.57 Å². The molecule has 2 heterocycles. The van der Waals surface area contributed by atoms with E-state index in [1.807, 2.05) is 0 Å². The number of benzene rings is 1. The number of nitrogens with one attached hydrogen (secondary N) is 1. The van der Waals surface area contributed by atoms with Crippen LogP contribution in [0.25, 0.3) is 11.2 Å². The summed E-state index contributed by atoms with van der Waals surface area (Å²) in [4.78, 5) is 34.4. The van der Waals surface area contributed by atoms with Crippen LogP contribution < -0.4 is 22.1 Å². The van der Waals surface area contributed by atoms with Gasteiger partial charge in [0.2, 0.25) is 5.95 Å². The molecule has 0 radical (unpaired) electrons. The van der Waals surface area contributed by atoms with Crippen molar-refractivity contribution < 1.29 is 14.4 Å². The minimum absolute atomic E-state index is 0.0327. The average Bonchev–Trinajstić information content (AvgIpc) is 2.52. The SMILES string of the molecule is Nc1nc(N)c2nc(CNc3ccc(P(=O)(O)O)cc3)cnc2n1. The lowest BCUT2D eigenvalue weighted by atomic mass is 10.3. The Morgan fingerprint density at radius 3 is 2.46 bits per heavy atom. The molecule has 0 aliphatic rings. The Kier molecular flexibility index (Phi) is 4.02. The highest BCUT2D eigenvalue weighted by Gasteiger charge is 2.16. The van der Waals surface area contributed by atoms with Crippen LogP contribution in [0.1, 0.15) is 5.69 Å². The predicted octanol–water partition coefficient (Wildman–Crippen LogP) is -0.000700. The molecule has 0 aliphatic heterocycles. The smallest absolute Gasteiger partial charge is 0.356 e. The van der Waals surface area contributed by atoms with Crippen LogP contribution in [-0.2, 0) is 11.1 Å². The molecule has 0 saturated heterocycles. The number of hydrogen-bond donors (Lipinski definition) is 5. The summed E-state index contributed by atoms with van der Waals surface area (Å²) in [5, 5.41) is 3.03. The zero-order chi connectivity index (χ0) is 17.3. The van der Waals surface area contributed by atoms with Crippen molar-refractivity contribution in [2.75, 3.05) is 16.8 Å². The van der Waals surface area contributed by atoms with Crippen molar-refractivity contribution in [1.82, 2.24) is 19.9 Å². The fourth-order valence-electron chi connectivity index (χ4n) is 2.03. The number of nitrogen functional groups attached to an aromatic ring is 2. The molecule has 24 heavy (non-hydrogen) atoms. The number of rotatable bonds is 4. The molecular formula is C13H14N7O3P. The Balaban J connectivity index is 1.77. The van der Waals surface area contributed by atoms with Gasteiger partial charge in [0.25, 0.3) is 0 Å². The first-order valence-corrected chi connectivity index (χ1v) is 8.39. The molecule has 2 aromatic heterocycles. The van der Waals surface area contributed by atoms with E-state index in [4.69, 9.17) is 21.3 Å². The Bertz CT molecular complexity index is 942. The molecule has 0 atom stereocenters. The number of aromatic nitrogens is 4. The molecule has 0 spiro atoms. The van der Waals surface area contributed by atoms with Gasteiger partial charge in [-0.2, -0.15) is 9.97 Å². The average molecular weight is 347 g/mol. The second kappa shape index (κ2) is 6.00. The highest BCUT2D eigenvalue weighted by molar-refractivity contribution is 7.60. The van der Waals surface area contributed by atoms with Gasteiger partial charge in [0.1, 0.15) is 0 Å². The van der Waals surface area contributed by atoms with Gasteiger partial charge in [-0.1, -0.05) is 0 Å². The van der Waals surface area contributed by atoms with Crippen LogP contribution in [-0.4, -0.2) is 29.7 Å². The Morgan fingerprint density at radius 2 is 1.79 bits per heavy atom. The molecule has 124 valence electrons. The normalized spacial score (nSPS) is 11.6. The third-order valence-corrected chi connectivity index (χ3v) is 4.15. The van der Waals surface area contributed by atoms with E-state index in [0.29, 0.717) is 29.1 Å². The summed E-state index contributed by atoms with van der Waals surface area (Å²) in [7, 11) is -4.24. The molecule has 0 aliphatic carbocycles. The first-order chi connectivity index (χ1) is 11.3. The molecule has 3 rings (SSSR count).